The van der Waals surface area contributed by atoms with Gasteiger partial charge in [0.2, 0.25) is 11.7 Å². The summed E-state index contributed by atoms with van der Waals surface area (Å²) in [7, 11) is 0. The highest BCUT2D eigenvalue weighted by atomic mass is 19.4. The van der Waals surface area contributed by atoms with E-state index in [1.807, 2.05) is 29.2 Å². The Bertz CT molecular complexity index is 1100. The summed E-state index contributed by atoms with van der Waals surface area (Å²) in [5, 5.41) is 12.4. The van der Waals surface area contributed by atoms with Gasteiger partial charge >= 0.3 is 6.18 Å². The number of benzene rings is 2. The van der Waals surface area contributed by atoms with E-state index in [0.29, 0.717) is 43.6 Å². The molecule has 1 aromatic heterocycles. The van der Waals surface area contributed by atoms with Gasteiger partial charge in [-0.25, -0.2) is 0 Å². The molecule has 0 atom stereocenters. The van der Waals surface area contributed by atoms with Gasteiger partial charge in [-0.3, -0.25) is 4.79 Å². The van der Waals surface area contributed by atoms with Crippen molar-refractivity contribution in [3.8, 4) is 11.4 Å². The van der Waals surface area contributed by atoms with Crippen LogP contribution in [-0.4, -0.2) is 57.2 Å². The molecule has 1 saturated heterocycles. The standard InChI is InChI=1S/C23H25F3N6O/c1-16(2)17-6-8-18(9-7-17)22-27-29-32(28-22)15-21(33)31-12-10-30(11-13-31)20-5-3-4-19(14-20)23(24,25)26/h3-9,14,16H,10-13,15H2,1-2H3. The Hall–Kier alpha value is -3.43. The van der Waals surface area contributed by atoms with Crippen molar-refractivity contribution >= 4 is 11.6 Å². The normalized spacial score (nSPS) is 14.7. The van der Waals surface area contributed by atoms with Crippen LogP contribution in [0.15, 0.2) is 48.5 Å². The number of aromatic nitrogens is 4. The number of tetrazole rings is 1. The summed E-state index contributed by atoms with van der Waals surface area (Å²) < 4.78 is 38.9. The van der Waals surface area contributed by atoms with E-state index in [1.165, 1.54) is 16.4 Å². The van der Waals surface area contributed by atoms with Crippen molar-refractivity contribution in [1.29, 1.82) is 0 Å². The molecule has 0 spiro atoms. The lowest BCUT2D eigenvalue weighted by Gasteiger charge is -2.36. The number of carbonyl (C=O) groups excluding carboxylic acids is 1. The van der Waals surface area contributed by atoms with Crippen LogP contribution in [-0.2, 0) is 17.5 Å². The van der Waals surface area contributed by atoms with Gasteiger partial charge in [-0.2, -0.15) is 18.0 Å². The molecule has 4 rings (SSSR count). The van der Waals surface area contributed by atoms with Crippen LogP contribution in [0, 0.1) is 0 Å². The van der Waals surface area contributed by atoms with Crippen molar-refractivity contribution in [2.75, 3.05) is 31.1 Å². The van der Waals surface area contributed by atoms with Crippen LogP contribution in [0.25, 0.3) is 11.4 Å². The van der Waals surface area contributed by atoms with Crippen molar-refractivity contribution in [3.05, 3.63) is 59.7 Å². The molecule has 0 radical (unpaired) electrons. The van der Waals surface area contributed by atoms with Gasteiger partial charge in [-0.05, 0) is 34.9 Å². The van der Waals surface area contributed by atoms with E-state index in [4.69, 9.17) is 0 Å². The summed E-state index contributed by atoms with van der Waals surface area (Å²) in [4.78, 5) is 17.5. The van der Waals surface area contributed by atoms with Crippen LogP contribution in [0.4, 0.5) is 18.9 Å². The number of hydrogen-bond acceptors (Lipinski definition) is 5. The highest BCUT2D eigenvalue weighted by Gasteiger charge is 2.31. The van der Waals surface area contributed by atoms with Crippen molar-refractivity contribution < 1.29 is 18.0 Å². The molecule has 0 saturated carbocycles. The minimum Gasteiger partial charge on any atom is -0.368 e. The zero-order valence-corrected chi connectivity index (χ0v) is 18.5. The first-order chi connectivity index (χ1) is 15.7. The molecule has 2 heterocycles. The summed E-state index contributed by atoms with van der Waals surface area (Å²) in [6.45, 7) is 5.92. The highest BCUT2D eigenvalue weighted by Crippen LogP contribution is 2.32. The molecule has 3 aromatic rings. The number of amides is 1. The topological polar surface area (TPSA) is 67.2 Å². The highest BCUT2D eigenvalue weighted by molar-refractivity contribution is 5.76. The first kappa shape index (κ1) is 22.8. The van der Waals surface area contributed by atoms with E-state index in [9.17, 15) is 18.0 Å². The van der Waals surface area contributed by atoms with Gasteiger partial charge in [0.25, 0.3) is 0 Å². The molecule has 1 aliphatic rings. The Morgan fingerprint density at radius 1 is 1.03 bits per heavy atom. The largest absolute Gasteiger partial charge is 0.416 e. The Balaban J connectivity index is 1.34. The molecule has 0 N–H and O–H groups in total. The molecule has 2 aromatic carbocycles. The van der Waals surface area contributed by atoms with E-state index in [2.05, 4.69) is 29.3 Å². The van der Waals surface area contributed by atoms with Crippen LogP contribution in [0.2, 0.25) is 0 Å². The molecule has 33 heavy (non-hydrogen) atoms. The van der Waals surface area contributed by atoms with Crippen LogP contribution >= 0.6 is 0 Å². The molecule has 1 amide bonds. The van der Waals surface area contributed by atoms with Gasteiger partial charge in [0, 0.05) is 37.4 Å². The monoisotopic (exact) mass is 458 g/mol. The van der Waals surface area contributed by atoms with E-state index >= 15 is 0 Å². The van der Waals surface area contributed by atoms with Crippen molar-refractivity contribution in [3.63, 3.8) is 0 Å². The summed E-state index contributed by atoms with van der Waals surface area (Å²) in [5.74, 6) is 0.722. The molecular formula is C23H25F3N6O. The number of anilines is 1. The molecule has 10 heteroatoms. The summed E-state index contributed by atoms with van der Waals surface area (Å²) in [6.07, 6.45) is -4.38. The SMILES string of the molecule is CC(C)c1ccc(-c2nnn(CC(=O)N3CCN(c4cccc(C(F)(F)F)c4)CC3)n2)cc1. The quantitative estimate of drug-likeness (QED) is 0.581. The molecule has 0 unspecified atom stereocenters. The maximum absolute atomic E-state index is 13.0. The van der Waals surface area contributed by atoms with Crippen molar-refractivity contribution in [2.24, 2.45) is 0 Å². The van der Waals surface area contributed by atoms with Gasteiger partial charge in [0.15, 0.2) is 0 Å². The van der Waals surface area contributed by atoms with Crippen LogP contribution in [0.5, 0.6) is 0 Å². The fourth-order valence-electron chi connectivity index (χ4n) is 3.76. The molecule has 174 valence electrons. The number of nitrogens with zero attached hydrogens (tertiary/aromatic N) is 6. The number of alkyl halides is 3. The molecule has 1 aliphatic heterocycles. The fraction of sp³-hybridized carbons (Fsp3) is 0.391. The zero-order valence-electron chi connectivity index (χ0n) is 18.5. The zero-order chi connectivity index (χ0) is 23.6. The summed E-state index contributed by atoms with van der Waals surface area (Å²) in [5.41, 5.74) is 1.87. The van der Waals surface area contributed by atoms with Crippen LogP contribution < -0.4 is 4.90 Å². The number of piperazine rings is 1. The fourth-order valence-corrected chi connectivity index (χ4v) is 3.76. The van der Waals surface area contributed by atoms with E-state index in [-0.39, 0.29) is 12.5 Å². The molecule has 1 fully saturated rings. The number of rotatable bonds is 5. The van der Waals surface area contributed by atoms with Gasteiger partial charge in [0.1, 0.15) is 6.54 Å². The van der Waals surface area contributed by atoms with Crippen LogP contribution in [0.3, 0.4) is 0 Å². The van der Waals surface area contributed by atoms with Gasteiger partial charge in [0.05, 0.1) is 5.56 Å². The maximum Gasteiger partial charge on any atom is 0.416 e. The Labute approximate surface area is 189 Å². The van der Waals surface area contributed by atoms with E-state index in [1.54, 1.807) is 11.0 Å². The molecule has 7 nitrogen and oxygen atoms in total. The lowest BCUT2D eigenvalue weighted by molar-refractivity contribution is -0.137. The third-order valence-corrected chi connectivity index (χ3v) is 5.74. The Morgan fingerprint density at radius 2 is 1.73 bits per heavy atom. The summed E-state index contributed by atoms with van der Waals surface area (Å²) >= 11 is 0. The molecular weight excluding hydrogens is 433 g/mol. The average molecular weight is 458 g/mol. The van der Waals surface area contributed by atoms with Gasteiger partial charge in [-0.15, -0.1) is 10.2 Å². The Morgan fingerprint density at radius 3 is 2.36 bits per heavy atom. The minimum absolute atomic E-state index is 0.0410. The minimum atomic E-state index is -4.38. The lowest BCUT2D eigenvalue weighted by atomic mass is 10.0. The summed E-state index contributed by atoms with van der Waals surface area (Å²) in [6, 6.07) is 13.2. The molecule has 0 bridgehead atoms. The predicted molar refractivity (Wildman–Crippen MR) is 118 cm³/mol. The maximum atomic E-state index is 13.0. The average Bonchev–Trinajstić information content (AvgIpc) is 3.27. The second-order valence-corrected chi connectivity index (χ2v) is 8.34. The first-order valence-electron chi connectivity index (χ1n) is 10.8. The van der Waals surface area contributed by atoms with Gasteiger partial charge < -0.3 is 9.80 Å². The number of carbonyl (C=O) groups is 1. The van der Waals surface area contributed by atoms with E-state index < -0.39 is 11.7 Å². The van der Waals surface area contributed by atoms with E-state index in [0.717, 1.165) is 17.7 Å². The third-order valence-electron chi connectivity index (χ3n) is 5.74. The smallest absolute Gasteiger partial charge is 0.368 e. The third kappa shape index (κ3) is 5.32. The number of hydrogen-bond donors (Lipinski definition) is 0. The lowest BCUT2D eigenvalue weighted by Crippen LogP contribution is -2.49. The number of halogens is 3. The van der Waals surface area contributed by atoms with Crippen molar-refractivity contribution in [1.82, 2.24) is 25.1 Å². The molecule has 0 aliphatic carbocycles. The second kappa shape index (κ2) is 9.21. The van der Waals surface area contributed by atoms with Crippen LogP contribution in [0.1, 0.15) is 30.9 Å². The first-order valence-corrected chi connectivity index (χ1v) is 10.8. The Kier molecular flexibility index (Phi) is 6.35. The predicted octanol–water partition coefficient (Wildman–Crippen LogP) is 3.83. The van der Waals surface area contributed by atoms with Gasteiger partial charge in [-0.1, -0.05) is 44.2 Å². The van der Waals surface area contributed by atoms with Crippen molar-refractivity contribution in [2.45, 2.75) is 32.5 Å². The second-order valence-electron chi connectivity index (χ2n) is 8.34.